The number of benzene rings is 1. The standard InChI is InChI=1S/C11H11BrFN3O/c1-6(14)4-10-15-11(16-17-10)8-3-2-7(13)5-9(8)12/h2-3,5-6H,4,14H2,1H3. The van der Waals surface area contributed by atoms with Gasteiger partial charge in [-0.2, -0.15) is 4.98 Å². The van der Waals surface area contributed by atoms with Gasteiger partial charge in [-0.05, 0) is 41.1 Å². The summed E-state index contributed by atoms with van der Waals surface area (Å²) in [6.45, 7) is 1.86. The van der Waals surface area contributed by atoms with Crippen LogP contribution in [0, 0.1) is 5.82 Å². The van der Waals surface area contributed by atoms with Crippen molar-refractivity contribution in [2.24, 2.45) is 5.73 Å². The van der Waals surface area contributed by atoms with Gasteiger partial charge in [-0.15, -0.1) is 0 Å². The summed E-state index contributed by atoms with van der Waals surface area (Å²) in [5.41, 5.74) is 6.32. The Bertz CT molecular complexity index is 527. The Kier molecular flexibility index (Phi) is 3.54. The van der Waals surface area contributed by atoms with E-state index < -0.39 is 0 Å². The SMILES string of the molecule is CC(N)Cc1nc(-c2ccc(F)cc2Br)no1. The number of hydrogen-bond acceptors (Lipinski definition) is 4. The highest BCUT2D eigenvalue weighted by atomic mass is 79.9. The van der Waals surface area contributed by atoms with Crippen LogP contribution in [0.4, 0.5) is 4.39 Å². The Labute approximate surface area is 106 Å². The highest BCUT2D eigenvalue weighted by Crippen LogP contribution is 2.26. The fourth-order valence-corrected chi connectivity index (χ4v) is 1.92. The molecule has 1 aromatic carbocycles. The average molecular weight is 300 g/mol. The van der Waals surface area contributed by atoms with Crippen molar-refractivity contribution in [3.8, 4) is 11.4 Å². The summed E-state index contributed by atoms with van der Waals surface area (Å²) in [5, 5.41) is 3.84. The maximum absolute atomic E-state index is 12.9. The van der Waals surface area contributed by atoms with E-state index in [9.17, 15) is 4.39 Å². The molecule has 2 N–H and O–H groups in total. The topological polar surface area (TPSA) is 64.9 Å². The molecule has 90 valence electrons. The lowest BCUT2D eigenvalue weighted by Gasteiger charge is -1.98. The number of nitrogens with zero attached hydrogens (tertiary/aromatic N) is 2. The second-order valence-corrected chi connectivity index (χ2v) is 4.67. The van der Waals surface area contributed by atoms with E-state index in [1.165, 1.54) is 12.1 Å². The number of halogens is 2. The van der Waals surface area contributed by atoms with E-state index in [0.717, 1.165) is 0 Å². The molecule has 1 aromatic heterocycles. The van der Waals surface area contributed by atoms with Crippen molar-refractivity contribution in [3.05, 3.63) is 34.4 Å². The maximum Gasteiger partial charge on any atom is 0.228 e. The molecule has 0 bridgehead atoms. The van der Waals surface area contributed by atoms with Crippen LogP contribution in [0.2, 0.25) is 0 Å². The van der Waals surface area contributed by atoms with Crippen molar-refractivity contribution in [1.82, 2.24) is 10.1 Å². The summed E-state index contributed by atoms with van der Waals surface area (Å²) in [7, 11) is 0. The first-order valence-electron chi connectivity index (χ1n) is 5.10. The van der Waals surface area contributed by atoms with Crippen LogP contribution in [-0.2, 0) is 6.42 Å². The molecule has 6 heteroatoms. The lowest BCUT2D eigenvalue weighted by molar-refractivity contribution is 0.372. The summed E-state index contributed by atoms with van der Waals surface area (Å²) >= 11 is 3.26. The Morgan fingerprint density at radius 2 is 2.29 bits per heavy atom. The number of rotatable bonds is 3. The Hall–Kier alpha value is -1.27. The molecule has 1 unspecified atom stereocenters. The largest absolute Gasteiger partial charge is 0.339 e. The van der Waals surface area contributed by atoms with Gasteiger partial charge in [0.25, 0.3) is 0 Å². The highest BCUT2D eigenvalue weighted by Gasteiger charge is 2.12. The second-order valence-electron chi connectivity index (χ2n) is 3.82. The van der Waals surface area contributed by atoms with E-state index in [-0.39, 0.29) is 11.9 Å². The molecular weight excluding hydrogens is 289 g/mol. The molecule has 2 rings (SSSR count). The second kappa shape index (κ2) is 4.93. The van der Waals surface area contributed by atoms with Crippen molar-refractivity contribution in [3.63, 3.8) is 0 Å². The molecule has 0 aliphatic rings. The van der Waals surface area contributed by atoms with Crippen LogP contribution >= 0.6 is 15.9 Å². The predicted octanol–water partition coefficient (Wildman–Crippen LogP) is 2.53. The average Bonchev–Trinajstić information content (AvgIpc) is 2.65. The van der Waals surface area contributed by atoms with Crippen molar-refractivity contribution in [2.75, 3.05) is 0 Å². The number of aromatic nitrogens is 2. The molecule has 0 spiro atoms. The molecule has 17 heavy (non-hydrogen) atoms. The Morgan fingerprint density at radius 3 is 2.94 bits per heavy atom. The smallest absolute Gasteiger partial charge is 0.228 e. The van der Waals surface area contributed by atoms with Crippen LogP contribution in [0.25, 0.3) is 11.4 Å². The first kappa shape index (κ1) is 12.2. The van der Waals surface area contributed by atoms with Gasteiger partial charge in [0.15, 0.2) is 0 Å². The molecule has 0 fully saturated rings. The molecule has 1 heterocycles. The third kappa shape index (κ3) is 2.89. The zero-order valence-corrected chi connectivity index (χ0v) is 10.7. The monoisotopic (exact) mass is 299 g/mol. The summed E-state index contributed by atoms with van der Waals surface area (Å²) < 4.78 is 18.6. The molecule has 0 aliphatic heterocycles. The third-order valence-electron chi connectivity index (χ3n) is 2.14. The zero-order valence-electron chi connectivity index (χ0n) is 9.15. The quantitative estimate of drug-likeness (QED) is 0.946. The van der Waals surface area contributed by atoms with Crippen LogP contribution in [0.15, 0.2) is 27.2 Å². The van der Waals surface area contributed by atoms with Crippen LogP contribution in [0.5, 0.6) is 0 Å². The third-order valence-corrected chi connectivity index (χ3v) is 2.79. The molecule has 0 aliphatic carbocycles. The molecule has 0 amide bonds. The highest BCUT2D eigenvalue weighted by molar-refractivity contribution is 9.10. The van der Waals surface area contributed by atoms with Crippen LogP contribution < -0.4 is 5.73 Å². The molecule has 4 nitrogen and oxygen atoms in total. The number of nitrogens with two attached hydrogens (primary N) is 1. The van der Waals surface area contributed by atoms with Crippen molar-refractivity contribution in [2.45, 2.75) is 19.4 Å². The minimum Gasteiger partial charge on any atom is -0.339 e. The van der Waals surface area contributed by atoms with E-state index in [2.05, 4.69) is 26.1 Å². The normalized spacial score (nSPS) is 12.7. The summed E-state index contributed by atoms with van der Waals surface area (Å²) in [4.78, 5) is 4.20. The molecule has 1 atom stereocenters. The molecular formula is C11H11BrFN3O. The van der Waals surface area contributed by atoms with Gasteiger partial charge in [0, 0.05) is 22.5 Å². The summed E-state index contributed by atoms with van der Waals surface area (Å²) in [5.74, 6) is 0.582. The van der Waals surface area contributed by atoms with Gasteiger partial charge in [0.2, 0.25) is 11.7 Å². The summed E-state index contributed by atoms with van der Waals surface area (Å²) in [6, 6.07) is 4.26. The fourth-order valence-electron chi connectivity index (χ4n) is 1.39. The predicted molar refractivity (Wildman–Crippen MR) is 64.7 cm³/mol. The molecule has 0 radical (unpaired) electrons. The van der Waals surface area contributed by atoms with Gasteiger partial charge in [-0.1, -0.05) is 5.16 Å². The minimum absolute atomic E-state index is 0.0417. The molecule has 0 saturated heterocycles. The van der Waals surface area contributed by atoms with Gasteiger partial charge in [0.1, 0.15) is 5.82 Å². The Balaban J connectivity index is 2.30. The van der Waals surface area contributed by atoms with E-state index in [0.29, 0.717) is 28.2 Å². The van der Waals surface area contributed by atoms with Crippen LogP contribution in [0.3, 0.4) is 0 Å². The Morgan fingerprint density at radius 1 is 1.53 bits per heavy atom. The zero-order chi connectivity index (χ0) is 12.4. The first-order chi connectivity index (χ1) is 8.06. The van der Waals surface area contributed by atoms with Crippen molar-refractivity contribution < 1.29 is 8.91 Å². The fraction of sp³-hybridized carbons (Fsp3) is 0.273. The van der Waals surface area contributed by atoms with Crippen molar-refractivity contribution in [1.29, 1.82) is 0 Å². The van der Waals surface area contributed by atoms with Crippen LogP contribution in [-0.4, -0.2) is 16.2 Å². The lowest BCUT2D eigenvalue weighted by atomic mass is 10.2. The van der Waals surface area contributed by atoms with E-state index >= 15 is 0 Å². The molecule has 2 aromatic rings. The van der Waals surface area contributed by atoms with Gasteiger partial charge in [-0.25, -0.2) is 4.39 Å². The number of hydrogen-bond donors (Lipinski definition) is 1. The maximum atomic E-state index is 12.9. The van der Waals surface area contributed by atoms with E-state index in [4.69, 9.17) is 10.3 Å². The molecule has 0 saturated carbocycles. The van der Waals surface area contributed by atoms with Gasteiger partial charge in [0.05, 0.1) is 0 Å². The van der Waals surface area contributed by atoms with E-state index in [1.807, 2.05) is 6.92 Å². The van der Waals surface area contributed by atoms with Gasteiger partial charge >= 0.3 is 0 Å². The van der Waals surface area contributed by atoms with Crippen molar-refractivity contribution >= 4 is 15.9 Å². The minimum atomic E-state index is -0.320. The van der Waals surface area contributed by atoms with Gasteiger partial charge in [-0.3, -0.25) is 0 Å². The first-order valence-corrected chi connectivity index (χ1v) is 5.89. The van der Waals surface area contributed by atoms with E-state index in [1.54, 1.807) is 6.07 Å². The van der Waals surface area contributed by atoms with Gasteiger partial charge < -0.3 is 10.3 Å². The van der Waals surface area contributed by atoms with Crippen LogP contribution in [0.1, 0.15) is 12.8 Å². The lowest BCUT2D eigenvalue weighted by Crippen LogP contribution is -2.17. The summed E-state index contributed by atoms with van der Waals surface area (Å²) in [6.07, 6.45) is 0.520.